The Labute approximate surface area is 148 Å². The van der Waals surface area contributed by atoms with Gasteiger partial charge in [-0.25, -0.2) is 0 Å². The number of rotatable bonds is 5. The van der Waals surface area contributed by atoms with Crippen LogP contribution in [0.4, 0.5) is 0 Å². The van der Waals surface area contributed by atoms with Crippen molar-refractivity contribution in [2.24, 2.45) is 0 Å². The van der Waals surface area contributed by atoms with Crippen molar-refractivity contribution in [2.75, 3.05) is 46.5 Å². The number of hydrogen-bond acceptors (Lipinski definition) is 5. The van der Waals surface area contributed by atoms with E-state index in [4.69, 9.17) is 9.47 Å². The highest BCUT2D eigenvalue weighted by Gasteiger charge is 2.20. The Bertz CT molecular complexity index is 646. The number of nitrogens with zero attached hydrogens (tertiary/aromatic N) is 3. The Morgan fingerprint density at radius 3 is 2.56 bits per heavy atom. The van der Waals surface area contributed by atoms with Crippen LogP contribution in [0.15, 0.2) is 17.1 Å². The summed E-state index contributed by atoms with van der Waals surface area (Å²) in [5, 5.41) is 0. The van der Waals surface area contributed by atoms with Crippen LogP contribution in [0.2, 0.25) is 0 Å². The van der Waals surface area contributed by atoms with Crippen LogP contribution in [0.3, 0.4) is 0 Å². The minimum absolute atomic E-state index is 0.0499. The van der Waals surface area contributed by atoms with Crippen molar-refractivity contribution < 1.29 is 14.3 Å². The van der Waals surface area contributed by atoms with Gasteiger partial charge in [-0.15, -0.1) is 0 Å². The average Bonchev–Trinajstić information content (AvgIpc) is 2.65. The molecule has 0 bridgehead atoms. The third kappa shape index (κ3) is 4.61. The minimum atomic E-state index is -0.135. The van der Waals surface area contributed by atoms with E-state index in [1.165, 1.54) is 26.4 Å². The van der Waals surface area contributed by atoms with Crippen molar-refractivity contribution in [1.29, 1.82) is 0 Å². The number of aromatic nitrogens is 1. The fourth-order valence-electron chi connectivity index (χ4n) is 3.44. The molecule has 0 aromatic carbocycles. The molecule has 0 saturated carbocycles. The molecule has 7 heteroatoms. The summed E-state index contributed by atoms with van der Waals surface area (Å²) in [5.41, 5.74) is 0.735. The molecular weight excluding hydrogens is 322 g/mol. The fourth-order valence-corrected chi connectivity index (χ4v) is 3.44. The molecule has 0 N–H and O–H groups in total. The van der Waals surface area contributed by atoms with Gasteiger partial charge in [0.15, 0.2) is 5.75 Å². The maximum atomic E-state index is 12.6. The third-order valence-electron chi connectivity index (χ3n) is 4.91. The Hall–Kier alpha value is -1.86. The van der Waals surface area contributed by atoms with Crippen molar-refractivity contribution >= 4 is 5.91 Å². The van der Waals surface area contributed by atoms with Crippen molar-refractivity contribution in [3.63, 3.8) is 0 Å². The molecule has 0 atom stereocenters. The molecule has 1 amide bonds. The Balaban J connectivity index is 1.79. The van der Waals surface area contributed by atoms with Gasteiger partial charge < -0.3 is 18.9 Å². The molecule has 2 aliphatic heterocycles. The van der Waals surface area contributed by atoms with E-state index >= 15 is 0 Å². The third-order valence-corrected chi connectivity index (χ3v) is 4.91. The number of pyridine rings is 1. The van der Waals surface area contributed by atoms with E-state index in [1.54, 1.807) is 12.3 Å². The Morgan fingerprint density at radius 1 is 1.16 bits per heavy atom. The smallest absolute Gasteiger partial charge is 0.242 e. The topological polar surface area (TPSA) is 64.0 Å². The van der Waals surface area contributed by atoms with Crippen LogP contribution < -0.4 is 10.2 Å². The number of methoxy groups -OCH3 is 1. The number of morpholine rings is 1. The first-order chi connectivity index (χ1) is 12.2. The summed E-state index contributed by atoms with van der Waals surface area (Å²) in [5.74, 6) is 0.325. The first kappa shape index (κ1) is 17.9. The second-order valence-electron chi connectivity index (χ2n) is 6.66. The molecule has 0 unspecified atom stereocenters. The highest BCUT2D eigenvalue weighted by atomic mass is 16.5. The quantitative estimate of drug-likeness (QED) is 0.783. The largest absolute Gasteiger partial charge is 0.491 e. The molecule has 1 aromatic heterocycles. The number of piperidine rings is 1. The monoisotopic (exact) mass is 349 g/mol. The van der Waals surface area contributed by atoms with Crippen LogP contribution in [0.25, 0.3) is 0 Å². The molecule has 0 radical (unpaired) electrons. The lowest BCUT2D eigenvalue weighted by Crippen LogP contribution is -2.42. The average molecular weight is 349 g/mol. The summed E-state index contributed by atoms with van der Waals surface area (Å²) in [6.07, 6.45) is 5.31. The van der Waals surface area contributed by atoms with E-state index in [2.05, 4.69) is 4.90 Å². The van der Waals surface area contributed by atoms with Crippen LogP contribution in [0, 0.1) is 0 Å². The first-order valence-corrected chi connectivity index (χ1v) is 9.02. The second-order valence-corrected chi connectivity index (χ2v) is 6.66. The molecule has 2 fully saturated rings. The summed E-state index contributed by atoms with van der Waals surface area (Å²) in [6, 6.07) is 1.61. The van der Waals surface area contributed by atoms with Crippen LogP contribution in [-0.4, -0.2) is 66.8 Å². The van der Waals surface area contributed by atoms with E-state index in [9.17, 15) is 9.59 Å². The maximum absolute atomic E-state index is 12.6. The van der Waals surface area contributed by atoms with Crippen LogP contribution in [0.5, 0.6) is 5.75 Å². The van der Waals surface area contributed by atoms with Gasteiger partial charge in [0.25, 0.3) is 0 Å². The number of ether oxygens (including phenoxy) is 2. The lowest BCUT2D eigenvalue weighted by molar-refractivity contribution is -0.135. The first-order valence-electron chi connectivity index (χ1n) is 9.02. The van der Waals surface area contributed by atoms with E-state index in [0.29, 0.717) is 32.8 Å². The van der Waals surface area contributed by atoms with Crippen molar-refractivity contribution in [3.8, 4) is 5.75 Å². The predicted octanol–water partition coefficient (Wildman–Crippen LogP) is 0.702. The Kier molecular flexibility index (Phi) is 6.09. The number of carbonyl (C=O) groups excluding carboxylic acids is 1. The molecule has 25 heavy (non-hydrogen) atoms. The molecule has 0 spiro atoms. The zero-order chi connectivity index (χ0) is 17.6. The normalized spacial score (nSPS) is 19.0. The summed E-state index contributed by atoms with van der Waals surface area (Å²) in [4.78, 5) is 29.0. The standard InChI is InChI=1S/C18H27N3O4/c1-24-17-13-21(14-18(23)20-7-9-25-10-8-20)15(11-16(17)22)12-19-5-3-2-4-6-19/h11,13H,2-10,12,14H2,1H3. The van der Waals surface area contributed by atoms with Gasteiger partial charge >= 0.3 is 0 Å². The lowest BCUT2D eigenvalue weighted by atomic mass is 10.1. The number of amides is 1. The Morgan fingerprint density at radius 2 is 1.88 bits per heavy atom. The lowest BCUT2D eigenvalue weighted by Gasteiger charge is -2.29. The summed E-state index contributed by atoms with van der Waals surface area (Å²) >= 11 is 0. The van der Waals surface area contributed by atoms with Crippen LogP contribution in [-0.2, 0) is 22.6 Å². The summed E-state index contributed by atoms with van der Waals surface area (Å²) in [7, 11) is 1.48. The molecule has 0 aliphatic carbocycles. The molecule has 3 rings (SSSR count). The molecular formula is C18H27N3O4. The number of hydrogen-bond donors (Lipinski definition) is 0. The van der Waals surface area contributed by atoms with Gasteiger partial charge in [0.05, 0.1) is 26.5 Å². The van der Waals surface area contributed by atoms with E-state index in [0.717, 1.165) is 18.8 Å². The number of carbonyl (C=O) groups is 1. The second kappa shape index (κ2) is 8.49. The molecule has 138 valence electrons. The van der Waals surface area contributed by atoms with E-state index < -0.39 is 0 Å². The van der Waals surface area contributed by atoms with Gasteiger partial charge in [0, 0.05) is 31.4 Å². The maximum Gasteiger partial charge on any atom is 0.242 e. The highest BCUT2D eigenvalue weighted by Crippen LogP contribution is 2.15. The van der Waals surface area contributed by atoms with Crippen molar-refractivity contribution in [2.45, 2.75) is 32.4 Å². The molecule has 2 aliphatic rings. The number of likely N-dealkylation sites (tertiary alicyclic amines) is 1. The molecule has 1 aromatic rings. The van der Waals surface area contributed by atoms with E-state index in [-0.39, 0.29) is 23.6 Å². The zero-order valence-electron chi connectivity index (χ0n) is 14.9. The van der Waals surface area contributed by atoms with Gasteiger partial charge in [-0.2, -0.15) is 0 Å². The summed E-state index contributed by atoms with van der Waals surface area (Å²) in [6.45, 7) is 5.40. The molecule has 7 nitrogen and oxygen atoms in total. The molecule has 3 heterocycles. The van der Waals surface area contributed by atoms with Gasteiger partial charge in [0.1, 0.15) is 6.54 Å². The van der Waals surface area contributed by atoms with E-state index in [1.807, 2.05) is 9.47 Å². The van der Waals surface area contributed by atoms with Gasteiger partial charge in [-0.1, -0.05) is 6.42 Å². The SMILES string of the molecule is COc1cn(CC(=O)N2CCOCC2)c(CN2CCCCC2)cc1=O. The van der Waals surface area contributed by atoms with Crippen molar-refractivity contribution in [3.05, 3.63) is 28.2 Å². The highest BCUT2D eigenvalue weighted by molar-refractivity contribution is 5.76. The van der Waals surface area contributed by atoms with Crippen molar-refractivity contribution in [1.82, 2.24) is 14.4 Å². The fraction of sp³-hybridized carbons (Fsp3) is 0.667. The van der Waals surface area contributed by atoms with Gasteiger partial charge in [0.2, 0.25) is 11.3 Å². The zero-order valence-corrected chi connectivity index (χ0v) is 14.9. The predicted molar refractivity (Wildman–Crippen MR) is 93.8 cm³/mol. The van der Waals surface area contributed by atoms with Gasteiger partial charge in [-0.05, 0) is 25.9 Å². The molecule has 2 saturated heterocycles. The van der Waals surface area contributed by atoms with Gasteiger partial charge in [-0.3, -0.25) is 14.5 Å². The summed E-state index contributed by atoms with van der Waals surface area (Å²) < 4.78 is 12.3. The minimum Gasteiger partial charge on any atom is -0.491 e. The van der Waals surface area contributed by atoms with Crippen LogP contribution >= 0.6 is 0 Å². The van der Waals surface area contributed by atoms with Crippen LogP contribution in [0.1, 0.15) is 25.0 Å².